The summed E-state index contributed by atoms with van der Waals surface area (Å²) in [6, 6.07) is 5.16. The van der Waals surface area contributed by atoms with Gasteiger partial charge in [-0.15, -0.1) is 6.42 Å². The van der Waals surface area contributed by atoms with E-state index in [1.807, 2.05) is 5.92 Å². The first kappa shape index (κ1) is 23.8. The minimum atomic E-state index is -4.42. The van der Waals surface area contributed by atoms with Gasteiger partial charge in [0.05, 0.1) is 16.9 Å². The average molecular weight is 459 g/mol. The van der Waals surface area contributed by atoms with Crippen molar-refractivity contribution in [1.29, 1.82) is 0 Å². The predicted molar refractivity (Wildman–Crippen MR) is 117 cm³/mol. The molecule has 33 heavy (non-hydrogen) atoms. The number of carbonyl (C=O) groups is 1. The Labute approximate surface area is 188 Å². The molecule has 0 aromatic carbocycles. The number of carbonyl (C=O) groups excluding carboxylic acids is 1. The normalized spacial score (nSPS) is 15.1. The Morgan fingerprint density at radius 1 is 1.30 bits per heavy atom. The van der Waals surface area contributed by atoms with Gasteiger partial charge in [-0.1, -0.05) is 6.08 Å². The Morgan fingerprint density at radius 3 is 2.64 bits per heavy atom. The fourth-order valence-electron chi connectivity index (χ4n) is 3.18. The molecule has 3 heterocycles. The summed E-state index contributed by atoms with van der Waals surface area (Å²) in [4.78, 5) is 22.2. The average Bonchev–Trinajstić information content (AvgIpc) is 2.75. The fourth-order valence-corrected chi connectivity index (χ4v) is 3.18. The number of terminal acetylenes is 1. The van der Waals surface area contributed by atoms with Crippen LogP contribution in [-0.2, 0) is 12.6 Å². The number of nitrogens with two attached hydrogens (primary N) is 1. The number of hydrogen-bond acceptors (Lipinski definition) is 4. The molecule has 0 aliphatic carbocycles. The molecule has 0 bridgehead atoms. The van der Waals surface area contributed by atoms with Gasteiger partial charge in [-0.3, -0.25) is 10.3 Å². The summed E-state index contributed by atoms with van der Waals surface area (Å²) in [5.41, 5.74) is 7.00. The zero-order valence-corrected chi connectivity index (χ0v) is 17.7. The van der Waals surface area contributed by atoms with Gasteiger partial charge in [0.25, 0.3) is 0 Å². The van der Waals surface area contributed by atoms with Crippen LogP contribution < -0.4 is 11.1 Å². The van der Waals surface area contributed by atoms with Gasteiger partial charge < -0.3 is 10.6 Å². The largest absolute Gasteiger partial charge is 0.417 e. The first-order valence-corrected chi connectivity index (χ1v) is 9.92. The van der Waals surface area contributed by atoms with E-state index in [2.05, 4.69) is 15.3 Å². The van der Waals surface area contributed by atoms with E-state index in [9.17, 15) is 22.4 Å². The van der Waals surface area contributed by atoms with Crippen molar-refractivity contribution in [3.8, 4) is 12.3 Å². The summed E-state index contributed by atoms with van der Waals surface area (Å²) in [5, 5.41) is 2.65. The Kier molecular flexibility index (Phi) is 7.01. The fraction of sp³-hybridized carbons (Fsp3) is 0.261. The SMILES string of the molecule is C#C/C(F)=C\C=C(/C)c1ccc(N)c(NC(=O)N2CC(Cc3ccc(C(F)(F)F)cn3)C2)n1. The zero-order chi connectivity index (χ0) is 24.2. The highest BCUT2D eigenvalue weighted by atomic mass is 19.4. The molecule has 0 atom stereocenters. The summed E-state index contributed by atoms with van der Waals surface area (Å²) < 4.78 is 51.0. The lowest BCUT2D eigenvalue weighted by Crippen LogP contribution is -2.52. The standard InChI is InChI=1S/C23H21F4N5O/c1-3-17(24)6-4-14(2)20-9-8-19(28)21(30-20)31-22(33)32-12-15(13-32)10-18-7-5-16(11-29-18)23(25,26)27/h1,4-9,11,15H,10,12-13,28H2,2H3,(H,30,31,33)/b14-4+,17-6+. The van der Waals surface area contributed by atoms with Gasteiger partial charge in [0.1, 0.15) is 0 Å². The molecule has 0 saturated carbocycles. The number of nitrogen functional groups attached to an aromatic ring is 1. The highest BCUT2D eigenvalue weighted by Crippen LogP contribution is 2.29. The van der Waals surface area contributed by atoms with E-state index in [0.717, 1.165) is 18.3 Å². The third kappa shape index (κ3) is 6.10. The van der Waals surface area contributed by atoms with Gasteiger partial charge in [-0.05, 0) is 61.1 Å². The van der Waals surface area contributed by atoms with E-state index in [1.54, 1.807) is 19.1 Å². The maximum absolute atomic E-state index is 13.1. The van der Waals surface area contributed by atoms with Gasteiger partial charge in [-0.2, -0.15) is 17.6 Å². The van der Waals surface area contributed by atoms with Crippen LogP contribution in [-0.4, -0.2) is 34.0 Å². The Hall–Kier alpha value is -3.87. The van der Waals surface area contributed by atoms with Crippen molar-refractivity contribution in [3.05, 3.63) is 65.4 Å². The number of anilines is 2. The molecule has 3 rings (SSSR count). The Morgan fingerprint density at radius 2 is 2.03 bits per heavy atom. The molecular formula is C23H21F4N5O. The van der Waals surface area contributed by atoms with Gasteiger partial charge in [-0.25, -0.2) is 9.78 Å². The van der Waals surface area contributed by atoms with Gasteiger partial charge >= 0.3 is 12.2 Å². The molecule has 0 radical (unpaired) electrons. The molecule has 1 saturated heterocycles. The molecule has 2 aromatic heterocycles. The zero-order valence-electron chi connectivity index (χ0n) is 17.7. The van der Waals surface area contributed by atoms with E-state index in [0.29, 0.717) is 36.5 Å². The number of nitrogens with zero attached hydrogens (tertiary/aromatic N) is 3. The second-order valence-corrected chi connectivity index (χ2v) is 7.58. The highest BCUT2D eigenvalue weighted by molar-refractivity contribution is 5.92. The van der Waals surface area contributed by atoms with Crippen LogP contribution in [0.1, 0.15) is 23.9 Å². The third-order valence-corrected chi connectivity index (χ3v) is 5.07. The number of likely N-dealkylation sites (tertiary alicyclic amines) is 1. The molecule has 6 nitrogen and oxygen atoms in total. The lowest BCUT2D eigenvalue weighted by atomic mass is 9.94. The van der Waals surface area contributed by atoms with Crippen LogP contribution in [0.2, 0.25) is 0 Å². The topological polar surface area (TPSA) is 84.1 Å². The first-order valence-electron chi connectivity index (χ1n) is 9.92. The van der Waals surface area contributed by atoms with E-state index >= 15 is 0 Å². The van der Waals surface area contributed by atoms with Crippen molar-refractivity contribution in [1.82, 2.24) is 14.9 Å². The second-order valence-electron chi connectivity index (χ2n) is 7.58. The van der Waals surface area contributed by atoms with Crippen LogP contribution in [0.5, 0.6) is 0 Å². The minimum Gasteiger partial charge on any atom is -0.396 e. The molecule has 1 aliphatic rings. The molecule has 172 valence electrons. The maximum Gasteiger partial charge on any atom is 0.417 e. The quantitative estimate of drug-likeness (QED) is 0.387. The molecule has 0 spiro atoms. The van der Waals surface area contributed by atoms with Gasteiger partial charge in [0, 0.05) is 25.0 Å². The lowest BCUT2D eigenvalue weighted by Gasteiger charge is -2.39. The summed E-state index contributed by atoms with van der Waals surface area (Å²) in [6.45, 7) is 2.55. The van der Waals surface area contributed by atoms with Crippen molar-refractivity contribution in [3.63, 3.8) is 0 Å². The molecule has 10 heteroatoms. The molecule has 2 amide bonds. The number of halogens is 4. The number of allylic oxidation sites excluding steroid dienone is 4. The molecule has 1 fully saturated rings. The van der Waals surface area contributed by atoms with E-state index in [1.165, 1.54) is 17.0 Å². The molecule has 2 aromatic rings. The lowest BCUT2D eigenvalue weighted by molar-refractivity contribution is -0.137. The van der Waals surface area contributed by atoms with Crippen molar-refractivity contribution in [2.45, 2.75) is 19.5 Å². The number of rotatable bonds is 5. The van der Waals surface area contributed by atoms with Gasteiger partial charge in [0.15, 0.2) is 11.6 Å². The summed E-state index contributed by atoms with van der Waals surface area (Å²) in [6.07, 6.45) is 4.42. The molecule has 0 unspecified atom stereocenters. The van der Waals surface area contributed by atoms with Crippen LogP contribution in [0.4, 0.5) is 33.9 Å². The molecule has 1 aliphatic heterocycles. The molecule has 3 N–H and O–H groups in total. The van der Waals surface area contributed by atoms with E-state index in [4.69, 9.17) is 12.2 Å². The highest BCUT2D eigenvalue weighted by Gasteiger charge is 2.33. The van der Waals surface area contributed by atoms with Gasteiger partial charge in [0.2, 0.25) is 0 Å². The van der Waals surface area contributed by atoms with Crippen LogP contribution in [0, 0.1) is 18.3 Å². The van der Waals surface area contributed by atoms with Crippen LogP contribution in [0.3, 0.4) is 0 Å². The number of hydrogen-bond donors (Lipinski definition) is 2. The van der Waals surface area contributed by atoms with Crippen LogP contribution in [0.15, 0.2) is 48.4 Å². The second kappa shape index (κ2) is 9.73. The smallest absolute Gasteiger partial charge is 0.396 e. The van der Waals surface area contributed by atoms with Crippen LogP contribution >= 0.6 is 0 Å². The number of urea groups is 1. The van der Waals surface area contributed by atoms with Crippen molar-refractivity contribution >= 4 is 23.1 Å². The Balaban J connectivity index is 1.57. The number of aromatic nitrogens is 2. The summed E-state index contributed by atoms with van der Waals surface area (Å²) >= 11 is 0. The summed E-state index contributed by atoms with van der Waals surface area (Å²) in [5.74, 6) is 1.39. The third-order valence-electron chi connectivity index (χ3n) is 5.07. The van der Waals surface area contributed by atoms with Crippen LogP contribution in [0.25, 0.3) is 5.57 Å². The number of amides is 2. The number of nitrogens with one attached hydrogen (secondary N) is 1. The number of pyridine rings is 2. The molecular weight excluding hydrogens is 438 g/mol. The van der Waals surface area contributed by atoms with Crippen molar-refractivity contribution in [2.24, 2.45) is 5.92 Å². The summed E-state index contributed by atoms with van der Waals surface area (Å²) in [7, 11) is 0. The minimum absolute atomic E-state index is 0.0830. The predicted octanol–water partition coefficient (Wildman–Crippen LogP) is 4.67. The van der Waals surface area contributed by atoms with Crippen molar-refractivity contribution < 1.29 is 22.4 Å². The Bertz CT molecular complexity index is 1130. The van der Waals surface area contributed by atoms with Crippen molar-refractivity contribution in [2.75, 3.05) is 24.1 Å². The van der Waals surface area contributed by atoms with E-state index < -0.39 is 23.6 Å². The maximum atomic E-state index is 13.1. The van der Waals surface area contributed by atoms with E-state index in [-0.39, 0.29) is 17.4 Å². The first-order chi connectivity index (χ1) is 15.6. The monoisotopic (exact) mass is 459 g/mol. The number of alkyl halides is 3.